The Labute approximate surface area is 178 Å². The molecular weight excluding hydrogens is 370 g/mol. The van der Waals surface area contributed by atoms with Crippen LogP contribution >= 0.6 is 0 Å². The SMILES string of the molecule is C=C(Nc1ccc(CCC)cc1)c1c(C#CCC)n(C2(C)CC2)c2ncnc(N)c12. The van der Waals surface area contributed by atoms with E-state index < -0.39 is 0 Å². The van der Waals surface area contributed by atoms with Crippen molar-refractivity contribution in [2.24, 2.45) is 0 Å². The quantitative estimate of drug-likeness (QED) is 0.551. The van der Waals surface area contributed by atoms with Gasteiger partial charge < -0.3 is 15.6 Å². The first-order valence-electron chi connectivity index (χ1n) is 10.7. The zero-order chi connectivity index (χ0) is 21.3. The number of anilines is 2. The standard InChI is InChI=1S/C25H29N5/c1-5-7-9-20-21(17(3)29-19-12-10-18(8-6-2)11-13-19)22-23(26)27-16-28-24(22)30(20)25(4)14-15-25/h10-13,16,29H,3,5-6,8,14-15H2,1-2,4H3,(H2,26,27,28). The van der Waals surface area contributed by atoms with Crippen LogP contribution in [0.1, 0.15) is 63.3 Å². The molecule has 1 aliphatic carbocycles. The second-order valence-corrected chi connectivity index (χ2v) is 8.22. The van der Waals surface area contributed by atoms with Gasteiger partial charge in [-0.3, -0.25) is 0 Å². The Bertz CT molecular complexity index is 1150. The van der Waals surface area contributed by atoms with Gasteiger partial charge in [-0.05, 0) is 49.8 Å². The molecule has 3 N–H and O–H groups in total. The Morgan fingerprint density at radius 1 is 1.23 bits per heavy atom. The summed E-state index contributed by atoms with van der Waals surface area (Å²) in [5.74, 6) is 7.07. The highest BCUT2D eigenvalue weighted by Crippen LogP contribution is 2.48. The van der Waals surface area contributed by atoms with Crippen molar-refractivity contribution in [3.8, 4) is 11.8 Å². The summed E-state index contributed by atoms with van der Waals surface area (Å²) in [6.45, 7) is 10.8. The number of nitrogens with one attached hydrogen (secondary N) is 1. The number of nitrogens with zero attached hydrogens (tertiary/aromatic N) is 3. The van der Waals surface area contributed by atoms with E-state index in [0.29, 0.717) is 5.82 Å². The van der Waals surface area contributed by atoms with E-state index in [2.05, 4.69) is 83.3 Å². The van der Waals surface area contributed by atoms with E-state index in [1.165, 1.54) is 11.9 Å². The van der Waals surface area contributed by atoms with Crippen LogP contribution in [-0.2, 0) is 12.0 Å². The number of hydrogen-bond acceptors (Lipinski definition) is 4. The van der Waals surface area contributed by atoms with Crippen LogP contribution in [0.5, 0.6) is 0 Å². The van der Waals surface area contributed by atoms with Gasteiger partial charge in [-0.15, -0.1) is 0 Å². The molecule has 0 radical (unpaired) electrons. The number of nitrogen functional groups attached to an aromatic ring is 1. The van der Waals surface area contributed by atoms with Crippen LogP contribution in [0.4, 0.5) is 11.5 Å². The Balaban J connectivity index is 1.83. The minimum absolute atomic E-state index is 0.0110. The van der Waals surface area contributed by atoms with Crippen molar-refractivity contribution in [3.05, 3.63) is 54.0 Å². The van der Waals surface area contributed by atoms with Crippen LogP contribution in [0.2, 0.25) is 0 Å². The summed E-state index contributed by atoms with van der Waals surface area (Å²) in [7, 11) is 0. The van der Waals surface area contributed by atoms with Crippen molar-refractivity contribution in [3.63, 3.8) is 0 Å². The summed E-state index contributed by atoms with van der Waals surface area (Å²) in [5.41, 5.74) is 12.1. The number of nitrogens with two attached hydrogens (primary N) is 1. The molecule has 5 nitrogen and oxygen atoms in total. The van der Waals surface area contributed by atoms with Gasteiger partial charge in [0.2, 0.25) is 0 Å². The van der Waals surface area contributed by atoms with Crippen molar-refractivity contribution < 1.29 is 0 Å². The average molecular weight is 400 g/mol. The van der Waals surface area contributed by atoms with Gasteiger partial charge in [0.25, 0.3) is 0 Å². The molecule has 0 aliphatic heterocycles. The van der Waals surface area contributed by atoms with E-state index in [0.717, 1.165) is 65.8 Å². The lowest BCUT2D eigenvalue weighted by molar-refractivity contribution is 0.543. The number of rotatable bonds is 6. The Kier molecular flexibility index (Phi) is 5.26. The van der Waals surface area contributed by atoms with Gasteiger partial charge in [-0.2, -0.15) is 0 Å². The monoisotopic (exact) mass is 399 g/mol. The highest BCUT2D eigenvalue weighted by molar-refractivity contribution is 6.02. The molecule has 0 atom stereocenters. The van der Waals surface area contributed by atoms with Crippen molar-refractivity contribution in [1.82, 2.24) is 14.5 Å². The summed E-state index contributed by atoms with van der Waals surface area (Å²) in [6, 6.07) is 8.50. The van der Waals surface area contributed by atoms with Gasteiger partial charge in [0.15, 0.2) is 0 Å². The summed E-state index contributed by atoms with van der Waals surface area (Å²) in [4.78, 5) is 8.86. The molecule has 1 fully saturated rings. The molecule has 1 aliphatic rings. The predicted molar refractivity (Wildman–Crippen MR) is 125 cm³/mol. The number of benzene rings is 1. The number of fused-ring (bicyclic) bond motifs is 1. The minimum Gasteiger partial charge on any atom is -0.383 e. The maximum atomic E-state index is 6.33. The first-order chi connectivity index (χ1) is 14.5. The van der Waals surface area contributed by atoms with Gasteiger partial charge in [0.1, 0.15) is 23.5 Å². The fourth-order valence-corrected chi connectivity index (χ4v) is 3.93. The average Bonchev–Trinajstić information content (AvgIpc) is 3.37. The first kappa shape index (κ1) is 20.0. The molecule has 0 spiro atoms. The fraction of sp³-hybridized carbons (Fsp3) is 0.360. The van der Waals surface area contributed by atoms with E-state index in [1.54, 1.807) is 0 Å². The van der Waals surface area contributed by atoms with Crippen molar-refractivity contribution in [2.75, 3.05) is 11.1 Å². The van der Waals surface area contributed by atoms with E-state index in [4.69, 9.17) is 5.73 Å². The molecule has 3 aromatic rings. The smallest absolute Gasteiger partial charge is 0.147 e. The lowest BCUT2D eigenvalue weighted by atomic mass is 10.1. The van der Waals surface area contributed by atoms with E-state index in [-0.39, 0.29) is 5.54 Å². The van der Waals surface area contributed by atoms with Crippen LogP contribution in [0.3, 0.4) is 0 Å². The first-order valence-corrected chi connectivity index (χ1v) is 10.7. The maximum absolute atomic E-state index is 6.33. The molecular formula is C25H29N5. The molecule has 30 heavy (non-hydrogen) atoms. The van der Waals surface area contributed by atoms with Gasteiger partial charge in [0.05, 0.1) is 5.39 Å². The zero-order valence-corrected chi connectivity index (χ0v) is 18.0. The number of aromatic nitrogens is 3. The van der Waals surface area contributed by atoms with Crippen LogP contribution in [0.15, 0.2) is 37.2 Å². The van der Waals surface area contributed by atoms with E-state index in [1.807, 2.05) is 0 Å². The lowest BCUT2D eigenvalue weighted by Gasteiger charge is -2.15. The summed E-state index contributed by atoms with van der Waals surface area (Å²) < 4.78 is 2.25. The normalized spacial score (nSPS) is 14.2. The van der Waals surface area contributed by atoms with E-state index in [9.17, 15) is 0 Å². The Morgan fingerprint density at radius 3 is 2.60 bits per heavy atom. The maximum Gasteiger partial charge on any atom is 0.147 e. The van der Waals surface area contributed by atoms with Crippen LogP contribution in [-0.4, -0.2) is 14.5 Å². The molecule has 4 rings (SSSR count). The van der Waals surface area contributed by atoms with E-state index >= 15 is 0 Å². The van der Waals surface area contributed by atoms with Crippen molar-refractivity contribution in [2.45, 2.75) is 58.4 Å². The predicted octanol–water partition coefficient (Wildman–Crippen LogP) is 5.32. The molecule has 154 valence electrons. The molecule has 5 heteroatoms. The van der Waals surface area contributed by atoms with Crippen LogP contribution in [0.25, 0.3) is 16.7 Å². The third-order valence-electron chi connectivity index (χ3n) is 5.77. The molecule has 0 unspecified atom stereocenters. The Hall–Kier alpha value is -3.26. The van der Waals surface area contributed by atoms with Gasteiger partial charge in [-0.25, -0.2) is 9.97 Å². The van der Waals surface area contributed by atoms with Crippen LogP contribution in [0, 0.1) is 11.8 Å². The number of aryl methyl sites for hydroxylation is 1. The van der Waals surface area contributed by atoms with Crippen molar-refractivity contribution >= 4 is 28.2 Å². The minimum atomic E-state index is 0.0110. The second kappa shape index (κ2) is 7.87. The molecule has 0 bridgehead atoms. The molecule has 1 aromatic carbocycles. The molecule has 0 saturated heterocycles. The fourth-order valence-electron chi connectivity index (χ4n) is 3.93. The second-order valence-electron chi connectivity index (χ2n) is 8.22. The zero-order valence-electron chi connectivity index (χ0n) is 18.0. The van der Waals surface area contributed by atoms with Gasteiger partial charge in [-0.1, -0.05) is 44.9 Å². The molecule has 2 aromatic heterocycles. The summed E-state index contributed by atoms with van der Waals surface area (Å²) in [5, 5.41) is 4.29. The van der Waals surface area contributed by atoms with Gasteiger partial charge >= 0.3 is 0 Å². The van der Waals surface area contributed by atoms with Gasteiger partial charge in [0, 0.05) is 28.9 Å². The number of hydrogen-bond donors (Lipinski definition) is 2. The molecule has 1 saturated carbocycles. The summed E-state index contributed by atoms with van der Waals surface area (Å²) in [6.07, 6.45) is 6.72. The third kappa shape index (κ3) is 3.54. The lowest BCUT2D eigenvalue weighted by Crippen LogP contribution is -2.15. The largest absolute Gasteiger partial charge is 0.383 e. The van der Waals surface area contributed by atoms with Crippen molar-refractivity contribution in [1.29, 1.82) is 0 Å². The highest BCUT2D eigenvalue weighted by atomic mass is 15.2. The third-order valence-corrected chi connectivity index (χ3v) is 5.77. The Morgan fingerprint density at radius 2 is 1.97 bits per heavy atom. The van der Waals surface area contributed by atoms with Crippen LogP contribution < -0.4 is 11.1 Å². The molecule has 2 heterocycles. The topological polar surface area (TPSA) is 68.8 Å². The molecule has 0 amide bonds. The summed E-state index contributed by atoms with van der Waals surface area (Å²) >= 11 is 0. The highest BCUT2D eigenvalue weighted by Gasteiger charge is 2.43.